The quantitative estimate of drug-likeness (QED) is 0.726. The van der Waals surface area contributed by atoms with Gasteiger partial charge in [-0.1, -0.05) is 28.1 Å². The Kier molecular flexibility index (Phi) is 2.47. The maximum Gasteiger partial charge on any atom is 0.274 e. The molecule has 1 aliphatic carbocycles. The van der Waals surface area contributed by atoms with E-state index in [0.717, 1.165) is 0 Å². The number of hydrogen-bond acceptors (Lipinski definition) is 2. The van der Waals surface area contributed by atoms with E-state index in [0.29, 0.717) is 10.9 Å². The second-order valence-electron chi connectivity index (χ2n) is 2.92. The first-order valence-corrected chi connectivity index (χ1v) is 5.60. The minimum absolute atomic E-state index is 0.306. The minimum atomic E-state index is -4.02. The van der Waals surface area contributed by atoms with Gasteiger partial charge in [0, 0.05) is 4.48 Å². The third kappa shape index (κ3) is 1.78. The fraction of sp³-hybridized carbons (Fsp3) is 0.429. The molecule has 1 aliphatic rings. The summed E-state index contributed by atoms with van der Waals surface area (Å²) in [7, 11) is -4.02. The standard InChI is InChI=1S/C7H9BrO3S/c1-7(12(9,10)11)4-2-3-6(8)5-7/h2-3,5H,4H2,1H3,(H,9,10,11). The largest absolute Gasteiger partial charge is 0.285 e. The summed E-state index contributed by atoms with van der Waals surface area (Å²) < 4.78 is 30.2. The highest BCUT2D eigenvalue weighted by Gasteiger charge is 2.36. The van der Waals surface area contributed by atoms with E-state index in [4.69, 9.17) is 4.55 Å². The van der Waals surface area contributed by atoms with Gasteiger partial charge in [-0.05, 0) is 19.4 Å². The van der Waals surface area contributed by atoms with Gasteiger partial charge in [0.2, 0.25) is 0 Å². The van der Waals surface area contributed by atoms with Crippen LogP contribution in [-0.2, 0) is 10.1 Å². The van der Waals surface area contributed by atoms with Crippen LogP contribution in [-0.4, -0.2) is 17.7 Å². The molecule has 0 saturated carbocycles. The molecule has 1 N–H and O–H groups in total. The van der Waals surface area contributed by atoms with Crippen molar-refractivity contribution in [3.8, 4) is 0 Å². The van der Waals surface area contributed by atoms with Gasteiger partial charge in [0.05, 0.1) is 0 Å². The summed E-state index contributed by atoms with van der Waals surface area (Å²) in [6.45, 7) is 1.48. The van der Waals surface area contributed by atoms with Crippen LogP contribution in [0.15, 0.2) is 22.7 Å². The van der Waals surface area contributed by atoms with E-state index in [9.17, 15) is 8.42 Å². The van der Waals surface area contributed by atoms with Crippen molar-refractivity contribution in [1.82, 2.24) is 0 Å². The molecular formula is C7H9BrO3S. The zero-order valence-corrected chi connectivity index (χ0v) is 8.89. The molecule has 68 valence electrons. The Labute approximate surface area is 80.0 Å². The van der Waals surface area contributed by atoms with Crippen LogP contribution in [0.3, 0.4) is 0 Å². The predicted molar refractivity (Wildman–Crippen MR) is 50.7 cm³/mol. The molecule has 12 heavy (non-hydrogen) atoms. The zero-order chi connectivity index (χ0) is 9.41. The van der Waals surface area contributed by atoms with E-state index in [-0.39, 0.29) is 0 Å². The van der Waals surface area contributed by atoms with E-state index in [2.05, 4.69) is 15.9 Å². The molecule has 1 atom stereocenters. The predicted octanol–water partition coefficient (Wildman–Crippen LogP) is 1.87. The molecule has 0 aromatic heterocycles. The van der Waals surface area contributed by atoms with Crippen molar-refractivity contribution in [1.29, 1.82) is 0 Å². The molecule has 0 spiro atoms. The Balaban J connectivity index is 3.13. The maximum absolute atomic E-state index is 10.9. The lowest BCUT2D eigenvalue weighted by molar-refractivity contribution is 0.452. The van der Waals surface area contributed by atoms with Crippen molar-refractivity contribution in [3.63, 3.8) is 0 Å². The lowest BCUT2D eigenvalue weighted by atomic mass is 10.0. The molecule has 1 rings (SSSR count). The minimum Gasteiger partial charge on any atom is -0.285 e. The van der Waals surface area contributed by atoms with Crippen LogP contribution >= 0.6 is 15.9 Å². The summed E-state index contributed by atoms with van der Waals surface area (Å²) in [5.41, 5.74) is 0. The first-order valence-electron chi connectivity index (χ1n) is 3.37. The first kappa shape index (κ1) is 9.95. The SMILES string of the molecule is CC1(S(=O)(=O)O)C=C(Br)C=CC1. The summed E-state index contributed by atoms with van der Waals surface area (Å²) in [5, 5.41) is 0. The molecule has 0 saturated heterocycles. The highest BCUT2D eigenvalue weighted by molar-refractivity contribution is 9.11. The number of hydrogen-bond donors (Lipinski definition) is 1. The third-order valence-corrected chi connectivity index (χ3v) is 3.79. The van der Waals surface area contributed by atoms with Crippen molar-refractivity contribution >= 4 is 26.0 Å². The summed E-state index contributed by atoms with van der Waals surface area (Å²) in [6, 6.07) is 0. The lowest BCUT2D eigenvalue weighted by Crippen LogP contribution is -2.33. The van der Waals surface area contributed by atoms with E-state index in [1.165, 1.54) is 13.0 Å². The van der Waals surface area contributed by atoms with Gasteiger partial charge >= 0.3 is 0 Å². The maximum atomic E-state index is 10.9. The summed E-state index contributed by atoms with van der Waals surface area (Å²) in [6.07, 6.45) is 5.26. The van der Waals surface area contributed by atoms with Gasteiger partial charge in [0.1, 0.15) is 4.75 Å². The highest BCUT2D eigenvalue weighted by atomic mass is 79.9. The van der Waals surface area contributed by atoms with Gasteiger partial charge in [-0.25, -0.2) is 0 Å². The van der Waals surface area contributed by atoms with Crippen LogP contribution in [0.25, 0.3) is 0 Å². The van der Waals surface area contributed by atoms with E-state index in [1.54, 1.807) is 12.2 Å². The van der Waals surface area contributed by atoms with Gasteiger partial charge in [-0.15, -0.1) is 0 Å². The molecular weight excluding hydrogens is 244 g/mol. The van der Waals surface area contributed by atoms with Crippen molar-refractivity contribution in [3.05, 3.63) is 22.7 Å². The molecule has 0 fully saturated rings. The molecule has 0 heterocycles. The van der Waals surface area contributed by atoms with E-state index < -0.39 is 14.9 Å². The Bertz CT molecular complexity index is 342. The van der Waals surface area contributed by atoms with Gasteiger partial charge in [0.15, 0.2) is 0 Å². The van der Waals surface area contributed by atoms with E-state index >= 15 is 0 Å². The summed E-state index contributed by atoms with van der Waals surface area (Å²) in [5.74, 6) is 0. The average molecular weight is 253 g/mol. The third-order valence-electron chi connectivity index (χ3n) is 1.83. The zero-order valence-electron chi connectivity index (χ0n) is 6.49. The number of rotatable bonds is 1. The molecule has 0 radical (unpaired) electrons. The van der Waals surface area contributed by atoms with Crippen LogP contribution < -0.4 is 0 Å². The Hall–Kier alpha value is -0.130. The van der Waals surface area contributed by atoms with Gasteiger partial charge < -0.3 is 0 Å². The molecule has 1 unspecified atom stereocenters. The van der Waals surface area contributed by atoms with E-state index in [1.807, 2.05) is 0 Å². The van der Waals surface area contributed by atoms with Gasteiger partial charge in [-0.2, -0.15) is 8.42 Å². The molecule has 0 amide bonds. The van der Waals surface area contributed by atoms with Crippen LogP contribution in [0.5, 0.6) is 0 Å². The van der Waals surface area contributed by atoms with Crippen LogP contribution in [0.1, 0.15) is 13.3 Å². The van der Waals surface area contributed by atoms with Crippen molar-refractivity contribution < 1.29 is 13.0 Å². The summed E-state index contributed by atoms with van der Waals surface area (Å²) in [4.78, 5) is 0. The fourth-order valence-corrected chi connectivity index (χ4v) is 2.41. The molecule has 0 aliphatic heterocycles. The smallest absolute Gasteiger partial charge is 0.274 e. The molecule has 3 nitrogen and oxygen atoms in total. The summed E-state index contributed by atoms with van der Waals surface area (Å²) >= 11 is 3.16. The fourth-order valence-electron chi connectivity index (χ4n) is 0.984. The monoisotopic (exact) mass is 252 g/mol. The molecule has 0 aromatic rings. The van der Waals surface area contributed by atoms with Crippen molar-refractivity contribution in [2.75, 3.05) is 0 Å². The highest BCUT2D eigenvalue weighted by Crippen LogP contribution is 2.30. The Morgan fingerprint density at radius 2 is 2.25 bits per heavy atom. The molecule has 0 aromatic carbocycles. The van der Waals surface area contributed by atoms with Crippen molar-refractivity contribution in [2.45, 2.75) is 18.1 Å². The first-order chi connectivity index (χ1) is 5.35. The Morgan fingerprint density at radius 3 is 2.58 bits per heavy atom. The Morgan fingerprint density at radius 1 is 1.67 bits per heavy atom. The average Bonchev–Trinajstić information content (AvgIpc) is 1.83. The molecule has 0 bridgehead atoms. The van der Waals surface area contributed by atoms with Crippen LogP contribution in [0.2, 0.25) is 0 Å². The van der Waals surface area contributed by atoms with Crippen LogP contribution in [0, 0.1) is 0 Å². The molecule has 5 heteroatoms. The number of halogens is 1. The van der Waals surface area contributed by atoms with Gasteiger partial charge in [0.25, 0.3) is 10.1 Å². The number of allylic oxidation sites excluding steroid dienone is 3. The van der Waals surface area contributed by atoms with Crippen molar-refractivity contribution in [2.24, 2.45) is 0 Å². The second kappa shape index (κ2) is 2.97. The normalized spacial score (nSPS) is 30.1. The van der Waals surface area contributed by atoms with Gasteiger partial charge in [-0.3, -0.25) is 4.55 Å². The lowest BCUT2D eigenvalue weighted by Gasteiger charge is -2.23. The second-order valence-corrected chi connectivity index (χ2v) is 5.72. The topological polar surface area (TPSA) is 54.4 Å². The van der Waals surface area contributed by atoms with Crippen LogP contribution in [0.4, 0.5) is 0 Å².